The Bertz CT molecular complexity index is 327. The third-order valence-electron chi connectivity index (χ3n) is 2.48. The maximum atomic E-state index is 11.8. The van der Waals surface area contributed by atoms with Gasteiger partial charge in [-0.3, -0.25) is 9.89 Å². The summed E-state index contributed by atoms with van der Waals surface area (Å²) in [5, 5.41) is 18.2. The number of carbonyl (C=O) groups is 1. The standard InChI is InChI=1S/C11H19N3O2/c1-8-10(9(2)14-13-8)11(16)12-6-4-3-5-7-15/h15H,3-7H2,1-2H3,(H,12,16)(H,13,14). The molecule has 1 rings (SSSR count). The van der Waals surface area contributed by atoms with Gasteiger partial charge >= 0.3 is 0 Å². The van der Waals surface area contributed by atoms with Crippen LogP contribution < -0.4 is 5.32 Å². The molecule has 5 nitrogen and oxygen atoms in total. The van der Waals surface area contributed by atoms with E-state index in [-0.39, 0.29) is 12.5 Å². The number of nitrogens with zero attached hydrogens (tertiary/aromatic N) is 1. The molecule has 16 heavy (non-hydrogen) atoms. The van der Waals surface area contributed by atoms with E-state index in [9.17, 15) is 4.79 Å². The maximum absolute atomic E-state index is 11.8. The topological polar surface area (TPSA) is 78.0 Å². The molecular weight excluding hydrogens is 206 g/mol. The molecule has 1 aromatic heterocycles. The van der Waals surface area contributed by atoms with Crippen molar-refractivity contribution < 1.29 is 9.90 Å². The zero-order chi connectivity index (χ0) is 12.0. The monoisotopic (exact) mass is 225 g/mol. The molecule has 0 atom stereocenters. The Kier molecular flexibility index (Phi) is 4.98. The van der Waals surface area contributed by atoms with Crippen molar-refractivity contribution in [3.05, 3.63) is 17.0 Å². The van der Waals surface area contributed by atoms with E-state index >= 15 is 0 Å². The first-order valence-corrected chi connectivity index (χ1v) is 5.57. The highest BCUT2D eigenvalue weighted by molar-refractivity contribution is 5.96. The summed E-state index contributed by atoms with van der Waals surface area (Å²) in [5.41, 5.74) is 2.16. The SMILES string of the molecule is Cc1n[nH]c(C)c1C(=O)NCCCCCO. The van der Waals surface area contributed by atoms with Gasteiger partial charge in [0.15, 0.2) is 0 Å². The zero-order valence-electron chi connectivity index (χ0n) is 9.84. The number of aliphatic hydroxyl groups excluding tert-OH is 1. The van der Waals surface area contributed by atoms with Crippen LogP contribution in [0, 0.1) is 13.8 Å². The van der Waals surface area contributed by atoms with Gasteiger partial charge in [0.1, 0.15) is 0 Å². The van der Waals surface area contributed by atoms with E-state index in [0.29, 0.717) is 12.1 Å². The molecule has 0 aromatic carbocycles. The van der Waals surface area contributed by atoms with Gasteiger partial charge in [-0.2, -0.15) is 5.10 Å². The highest BCUT2D eigenvalue weighted by Gasteiger charge is 2.13. The number of unbranched alkanes of at least 4 members (excludes halogenated alkanes) is 2. The summed E-state index contributed by atoms with van der Waals surface area (Å²) in [7, 11) is 0. The van der Waals surface area contributed by atoms with Crippen molar-refractivity contribution in [2.75, 3.05) is 13.2 Å². The second kappa shape index (κ2) is 6.27. The lowest BCUT2D eigenvalue weighted by Gasteiger charge is -2.04. The molecule has 0 saturated heterocycles. The van der Waals surface area contributed by atoms with E-state index in [0.717, 1.165) is 30.7 Å². The van der Waals surface area contributed by atoms with E-state index < -0.39 is 0 Å². The molecule has 0 unspecified atom stereocenters. The molecule has 0 saturated carbocycles. The van der Waals surface area contributed by atoms with Crippen LogP contribution in [0.4, 0.5) is 0 Å². The molecule has 0 spiro atoms. The first kappa shape index (κ1) is 12.7. The summed E-state index contributed by atoms with van der Waals surface area (Å²) in [4.78, 5) is 11.8. The number of hydrogen-bond donors (Lipinski definition) is 3. The second-order valence-corrected chi connectivity index (χ2v) is 3.85. The van der Waals surface area contributed by atoms with Gasteiger partial charge in [0.25, 0.3) is 5.91 Å². The minimum atomic E-state index is -0.0762. The number of carbonyl (C=O) groups excluding carboxylic acids is 1. The van der Waals surface area contributed by atoms with Crippen LogP contribution in [0.15, 0.2) is 0 Å². The Morgan fingerprint density at radius 2 is 2.12 bits per heavy atom. The first-order valence-electron chi connectivity index (χ1n) is 5.57. The fourth-order valence-corrected chi connectivity index (χ4v) is 1.59. The number of amides is 1. The molecule has 1 heterocycles. The van der Waals surface area contributed by atoms with Crippen molar-refractivity contribution in [1.82, 2.24) is 15.5 Å². The lowest BCUT2D eigenvalue weighted by molar-refractivity contribution is 0.0951. The number of aryl methyl sites for hydroxylation is 2. The van der Waals surface area contributed by atoms with E-state index in [1.165, 1.54) is 0 Å². The molecule has 0 aliphatic rings. The third kappa shape index (κ3) is 3.34. The predicted octanol–water partition coefficient (Wildman–Crippen LogP) is 0.919. The Morgan fingerprint density at radius 1 is 1.38 bits per heavy atom. The number of nitrogens with one attached hydrogen (secondary N) is 2. The smallest absolute Gasteiger partial charge is 0.255 e. The van der Waals surface area contributed by atoms with Crippen LogP contribution in [0.25, 0.3) is 0 Å². The molecule has 3 N–H and O–H groups in total. The average Bonchev–Trinajstić information content (AvgIpc) is 2.58. The van der Waals surface area contributed by atoms with Gasteiger partial charge in [-0.25, -0.2) is 0 Å². The summed E-state index contributed by atoms with van der Waals surface area (Å²) in [6.45, 7) is 4.50. The summed E-state index contributed by atoms with van der Waals surface area (Å²) < 4.78 is 0. The summed E-state index contributed by atoms with van der Waals surface area (Å²) in [6.07, 6.45) is 2.61. The van der Waals surface area contributed by atoms with Crippen LogP contribution >= 0.6 is 0 Å². The highest BCUT2D eigenvalue weighted by Crippen LogP contribution is 2.08. The van der Waals surface area contributed by atoms with Crippen LogP contribution in [0.1, 0.15) is 41.0 Å². The highest BCUT2D eigenvalue weighted by atomic mass is 16.2. The fourth-order valence-electron chi connectivity index (χ4n) is 1.59. The minimum absolute atomic E-state index is 0.0762. The quantitative estimate of drug-likeness (QED) is 0.630. The second-order valence-electron chi connectivity index (χ2n) is 3.85. The molecule has 0 fully saturated rings. The van der Waals surface area contributed by atoms with Crippen LogP contribution in [0.2, 0.25) is 0 Å². The van der Waals surface area contributed by atoms with Gasteiger partial charge < -0.3 is 10.4 Å². The van der Waals surface area contributed by atoms with Crippen LogP contribution in [0.3, 0.4) is 0 Å². The van der Waals surface area contributed by atoms with Gasteiger partial charge in [-0.15, -0.1) is 0 Å². The first-order chi connectivity index (χ1) is 7.66. The summed E-state index contributed by atoms with van der Waals surface area (Å²) in [6, 6.07) is 0. The van der Waals surface area contributed by atoms with Gasteiger partial charge in [-0.05, 0) is 33.1 Å². The van der Waals surface area contributed by atoms with Gasteiger partial charge in [-0.1, -0.05) is 0 Å². The number of aromatic nitrogens is 2. The largest absolute Gasteiger partial charge is 0.396 e. The molecule has 0 aliphatic carbocycles. The molecule has 1 aromatic rings. The molecule has 0 aliphatic heterocycles. The van der Waals surface area contributed by atoms with Crippen molar-refractivity contribution in [1.29, 1.82) is 0 Å². The van der Waals surface area contributed by atoms with Crippen molar-refractivity contribution in [3.8, 4) is 0 Å². The Morgan fingerprint density at radius 3 is 2.69 bits per heavy atom. The molecule has 5 heteroatoms. The number of rotatable bonds is 6. The zero-order valence-corrected chi connectivity index (χ0v) is 9.84. The Labute approximate surface area is 95.3 Å². The van der Waals surface area contributed by atoms with Crippen molar-refractivity contribution in [2.45, 2.75) is 33.1 Å². The third-order valence-corrected chi connectivity index (χ3v) is 2.48. The van der Waals surface area contributed by atoms with E-state index in [2.05, 4.69) is 15.5 Å². The van der Waals surface area contributed by atoms with Crippen molar-refractivity contribution in [3.63, 3.8) is 0 Å². The van der Waals surface area contributed by atoms with Gasteiger partial charge in [0.05, 0.1) is 11.3 Å². The van der Waals surface area contributed by atoms with E-state index in [1.807, 2.05) is 13.8 Å². The molecular formula is C11H19N3O2. The summed E-state index contributed by atoms with van der Waals surface area (Å²) in [5.74, 6) is -0.0762. The van der Waals surface area contributed by atoms with Gasteiger partial charge in [0, 0.05) is 18.8 Å². The molecule has 1 amide bonds. The Hall–Kier alpha value is -1.36. The van der Waals surface area contributed by atoms with Gasteiger partial charge in [0.2, 0.25) is 0 Å². The molecule has 0 radical (unpaired) electrons. The number of hydrogen-bond acceptors (Lipinski definition) is 3. The minimum Gasteiger partial charge on any atom is -0.396 e. The van der Waals surface area contributed by atoms with Crippen LogP contribution in [0.5, 0.6) is 0 Å². The lowest BCUT2D eigenvalue weighted by Crippen LogP contribution is -2.25. The predicted molar refractivity (Wildman–Crippen MR) is 61.3 cm³/mol. The van der Waals surface area contributed by atoms with E-state index in [1.54, 1.807) is 0 Å². The number of aromatic amines is 1. The molecule has 0 bridgehead atoms. The van der Waals surface area contributed by atoms with Crippen molar-refractivity contribution >= 4 is 5.91 Å². The molecule has 90 valence electrons. The van der Waals surface area contributed by atoms with E-state index in [4.69, 9.17) is 5.11 Å². The van der Waals surface area contributed by atoms with Crippen LogP contribution in [-0.4, -0.2) is 34.4 Å². The Balaban J connectivity index is 2.36. The number of H-pyrrole nitrogens is 1. The maximum Gasteiger partial charge on any atom is 0.255 e. The fraction of sp³-hybridized carbons (Fsp3) is 0.636. The normalized spacial score (nSPS) is 10.4. The van der Waals surface area contributed by atoms with Crippen LogP contribution in [-0.2, 0) is 0 Å². The lowest BCUT2D eigenvalue weighted by atomic mass is 10.2. The summed E-state index contributed by atoms with van der Waals surface area (Å²) >= 11 is 0. The number of aliphatic hydroxyl groups is 1. The average molecular weight is 225 g/mol. The van der Waals surface area contributed by atoms with Crippen molar-refractivity contribution in [2.24, 2.45) is 0 Å².